The molecule has 1 aromatic carbocycles. The quantitative estimate of drug-likeness (QED) is 0.803. The van der Waals surface area contributed by atoms with Gasteiger partial charge >= 0.3 is 12.1 Å². The zero-order valence-electron chi connectivity index (χ0n) is 12.3. The number of halogens is 3. The molecule has 1 unspecified atom stereocenters. The molecule has 1 amide bonds. The van der Waals surface area contributed by atoms with Crippen LogP contribution in [0.2, 0.25) is 0 Å². The summed E-state index contributed by atoms with van der Waals surface area (Å²) >= 11 is 0.977. The monoisotopic (exact) mass is 347 g/mol. The van der Waals surface area contributed by atoms with E-state index in [0.717, 1.165) is 36.7 Å². The molecule has 1 fully saturated rings. The predicted molar refractivity (Wildman–Crippen MR) is 79.1 cm³/mol. The summed E-state index contributed by atoms with van der Waals surface area (Å²) in [6.07, 6.45) is -2.91. The van der Waals surface area contributed by atoms with E-state index in [9.17, 15) is 22.8 Å². The number of rotatable bonds is 6. The summed E-state index contributed by atoms with van der Waals surface area (Å²) in [5.74, 6) is -1.55. The van der Waals surface area contributed by atoms with Gasteiger partial charge in [-0.05, 0) is 38.0 Å². The molecule has 0 spiro atoms. The molecule has 0 aliphatic heterocycles. The molecule has 23 heavy (non-hydrogen) atoms. The van der Waals surface area contributed by atoms with Gasteiger partial charge in [-0.2, -0.15) is 13.2 Å². The van der Waals surface area contributed by atoms with Gasteiger partial charge < -0.3 is 10.0 Å². The third-order valence-electron chi connectivity index (χ3n) is 3.53. The second-order valence-corrected chi connectivity index (χ2v) is 6.41. The van der Waals surface area contributed by atoms with Crippen LogP contribution in [0.1, 0.15) is 25.3 Å². The minimum Gasteiger partial charge on any atom is -0.480 e. The van der Waals surface area contributed by atoms with Crippen molar-refractivity contribution < 1.29 is 27.9 Å². The Balaban J connectivity index is 2.02. The van der Waals surface area contributed by atoms with Crippen LogP contribution in [-0.4, -0.2) is 39.7 Å². The van der Waals surface area contributed by atoms with Crippen LogP contribution < -0.4 is 0 Å². The summed E-state index contributed by atoms with van der Waals surface area (Å²) in [7, 11) is 0. The van der Waals surface area contributed by atoms with E-state index < -0.39 is 23.8 Å². The minimum atomic E-state index is -4.43. The third-order valence-corrected chi connectivity index (χ3v) is 4.51. The molecule has 2 rings (SSSR count). The van der Waals surface area contributed by atoms with Crippen LogP contribution in [0.5, 0.6) is 0 Å². The maximum absolute atomic E-state index is 12.7. The molecule has 1 saturated carbocycles. The van der Waals surface area contributed by atoms with Crippen LogP contribution in [0.3, 0.4) is 0 Å². The van der Waals surface area contributed by atoms with Crippen molar-refractivity contribution in [1.29, 1.82) is 0 Å². The lowest BCUT2D eigenvalue weighted by molar-refractivity contribution is -0.148. The summed E-state index contributed by atoms with van der Waals surface area (Å²) in [4.78, 5) is 25.0. The zero-order chi connectivity index (χ0) is 17.2. The van der Waals surface area contributed by atoms with E-state index in [-0.39, 0.29) is 17.7 Å². The number of aliphatic carboxylic acids is 1. The summed E-state index contributed by atoms with van der Waals surface area (Å²) in [5.41, 5.74) is -0.770. The Kier molecular flexibility index (Phi) is 5.23. The first-order chi connectivity index (χ1) is 10.7. The Morgan fingerprint density at radius 2 is 2.04 bits per heavy atom. The standard InChI is InChI=1S/C15H16F3NO3S/c1-9(14(21)22)19(11-5-6-11)13(20)8-23-12-4-2-3-10(7-12)15(16,17)18/h2-4,7,9,11H,5-6,8H2,1H3,(H,21,22). The van der Waals surface area contributed by atoms with Crippen molar-refractivity contribution in [3.05, 3.63) is 29.8 Å². The Labute approximate surface area is 135 Å². The van der Waals surface area contributed by atoms with Crippen molar-refractivity contribution in [2.24, 2.45) is 0 Å². The van der Waals surface area contributed by atoms with Crippen molar-refractivity contribution in [1.82, 2.24) is 4.90 Å². The lowest BCUT2D eigenvalue weighted by atomic mass is 10.2. The number of thioether (sulfide) groups is 1. The second kappa shape index (κ2) is 6.82. The molecule has 0 bridgehead atoms. The second-order valence-electron chi connectivity index (χ2n) is 5.36. The van der Waals surface area contributed by atoms with Gasteiger partial charge in [-0.3, -0.25) is 4.79 Å². The fourth-order valence-electron chi connectivity index (χ4n) is 2.19. The van der Waals surface area contributed by atoms with Gasteiger partial charge in [-0.25, -0.2) is 4.79 Å². The summed E-state index contributed by atoms with van der Waals surface area (Å²) in [6, 6.07) is 3.73. The Morgan fingerprint density at radius 3 is 2.57 bits per heavy atom. The molecule has 1 N–H and O–H groups in total. The molecule has 126 valence electrons. The van der Waals surface area contributed by atoms with Gasteiger partial charge in [-0.1, -0.05) is 6.07 Å². The molecule has 0 aromatic heterocycles. The van der Waals surface area contributed by atoms with Crippen LogP contribution in [-0.2, 0) is 15.8 Å². The number of amides is 1. The van der Waals surface area contributed by atoms with Crippen LogP contribution in [0.25, 0.3) is 0 Å². The number of carbonyl (C=O) groups excluding carboxylic acids is 1. The summed E-state index contributed by atoms with van der Waals surface area (Å²) in [5, 5.41) is 9.06. The first-order valence-electron chi connectivity index (χ1n) is 7.04. The van der Waals surface area contributed by atoms with E-state index in [2.05, 4.69) is 0 Å². The fourth-order valence-corrected chi connectivity index (χ4v) is 3.01. The highest BCUT2D eigenvalue weighted by molar-refractivity contribution is 8.00. The Hall–Kier alpha value is -1.70. The van der Waals surface area contributed by atoms with Crippen molar-refractivity contribution in [3.63, 3.8) is 0 Å². The average Bonchev–Trinajstić information content (AvgIpc) is 3.29. The minimum absolute atomic E-state index is 0.0734. The normalized spacial score (nSPS) is 16.0. The number of nitrogens with zero attached hydrogens (tertiary/aromatic N) is 1. The van der Waals surface area contributed by atoms with Gasteiger partial charge in [0.15, 0.2) is 0 Å². The highest BCUT2D eigenvalue weighted by Crippen LogP contribution is 2.33. The number of hydrogen-bond acceptors (Lipinski definition) is 3. The molecule has 8 heteroatoms. The number of carboxylic acids is 1. The number of alkyl halides is 3. The first-order valence-corrected chi connectivity index (χ1v) is 8.02. The molecule has 1 aliphatic carbocycles. The van der Waals surface area contributed by atoms with Crippen molar-refractivity contribution in [3.8, 4) is 0 Å². The maximum Gasteiger partial charge on any atom is 0.416 e. The maximum atomic E-state index is 12.7. The van der Waals surface area contributed by atoms with Gasteiger partial charge in [0.05, 0.1) is 11.3 Å². The van der Waals surface area contributed by atoms with E-state index in [1.165, 1.54) is 24.0 Å². The topological polar surface area (TPSA) is 57.6 Å². The molecule has 1 aromatic rings. The fraction of sp³-hybridized carbons (Fsp3) is 0.467. The SMILES string of the molecule is CC(C(=O)O)N(C(=O)CSc1cccc(C(F)(F)F)c1)C1CC1. The smallest absolute Gasteiger partial charge is 0.416 e. The molecule has 0 radical (unpaired) electrons. The molecule has 0 saturated heterocycles. The van der Waals surface area contributed by atoms with Gasteiger partial charge in [0, 0.05) is 10.9 Å². The third kappa shape index (κ3) is 4.63. The predicted octanol–water partition coefficient (Wildman–Crippen LogP) is 3.26. The molecular formula is C15H16F3NO3S. The van der Waals surface area contributed by atoms with E-state index in [0.29, 0.717) is 4.90 Å². The number of hydrogen-bond donors (Lipinski definition) is 1. The molecule has 1 aliphatic rings. The lowest BCUT2D eigenvalue weighted by Gasteiger charge is -2.26. The van der Waals surface area contributed by atoms with E-state index in [4.69, 9.17) is 5.11 Å². The van der Waals surface area contributed by atoms with Crippen LogP contribution in [0.15, 0.2) is 29.2 Å². The van der Waals surface area contributed by atoms with E-state index in [1.54, 1.807) is 0 Å². The Bertz CT molecular complexity index is 602. The number of carboxylic acid groups (broad SMARTS) is 1. The summed E-state index contributed by atoms with van der Waals surface area (Å²) < 4.78 is 38.0. The molecule has 4 nitrogen and oxygen atoms in total. The van der Waals surface area contributed by atoms with Crippen LogP contribution in [0.4, 0.5) is 13.2 Å². The number of benzene rings is 1. The van der Waals surface area contributed by atoms with Crippen molar-refractivity contribution in [2.45, 2.75) is 42.9 Å². The Morgan fingerprint density at radius 1 is 1.39 bits per heavy atom. The van der Waals surface area contributed by atoms with Crippen LogP contribution >= 0.6 is 11.8 Å². The average molecular weight is 347 g/mol. The van der Waals surface area contributed by atoms with Gasteiger partial charge in [-0.15, -0.1) is 11.8 Å². The molecule has 1 atom stereocenters. The van der Waals surface area contributed by atoms with Crippen LogP contribution in [0, 0.1) is 0 Å². The number of carbonyl (C=O) groups is 2. The highest BCUT2D eigenvalue weighted by atomic mass is 32.2. The largest absolute Gasteiger partial charge is 0.480 e. The van der Waals surface area contributed by atoms with Crippen molar-refractivity contribution in [2.75, 3.05) is 5.75 Å². The first kappa shape index (κ1) is 17.7. The van der Waals surface area contributed by atoms with Gasteiger partial charge in [0.1, 0.15) is 6.04 Å². The molecular weight excluding hydrogens is 331 g/mol. The highest BCUT2D eigenvalue weighted by Gasteiger charge is 2.38. The summed E-state index contributed by atoms with van der Waals surface area (Å²) in [6.45, 7) is 1.44. The molecule has 0 heterocycles. The zero-order valence-corrected chi connectivity index (χ0v) is 13.2. The van der Waals surface area contributed by atoms with E-state index in [1.807, 2.05) is 0 Å². The lowest BCUT2D eigenvalue weighted by Crippen LogP contribution is -2.45. The van der Waals surface area contributed by atoms with Gasteiger partial charge in [0.2, 0.25) is 5.91 Å². The van der Waals surface area contributed by atoms with Gasteiger partial charge in [0.25, 0.3) is 0 Å². The van der Waals surface area contributed by atoms with E-state index >= 15 is 0 Å². The van der Waals surface area contributed by atoms with Crippen molar-refractivity contribution >= 4 is 23.6 Å².